The molecule has 12 heteroatoms. The van der Waals surface area contributed by atoms with E-state index >= 15 is 0 Å². The molecule has 3 heterocycles. The van der Waals surface area contributed by atoms with E-state index in [0.29, 0.717) is 17.9 Å². The molecular weight excluding hydrogens is 465 g/mol. The predicted molar refractivity (Wildman–Crippen MR) is 115 cm³/mol. The minimum Gasteiger partial charge on any atom is -0.460 e. The number of imidazole rings is 1. The number of hydrogen-bond donors (Lipinski definition) is 1. The molecule has 0 aliphatic heterocycles. The first-order valence-electron chi connectivity index (χ1n) is 9.68. The van der Waals surface area contributed by atoms with Gasteiger partial charge in [0.1, 0.15) is 17.1 Å². The van der Waals surface area contributed by atoms with Crippen LogP contribution in [0.15, 0.2) is 30.6 Å². The third-order valence-corrected chi connectivity index (χ3v) is 4.80. The van der Waals surface area contributed by atoms with Crippen molar-refractivity contribution in [2.45, 2.75) is 39.4 Å². The van der Waals surface area contributed by atoms with Crippen LogP contribution in [-0.4, -0.2) is 43.1 Å². The van der Waals surface area contributed by atoms with E-state index in [2.05, 4.69) is 25.3 Å². The summed E-state index contributed by atoms with van der Waals surface area (Å²) >= 11 is 12.0. The van der Waals surface area contributed by atoms with Gasteiger partial charge < -0.3 is 14.6 Å². The fraction of sp³-hybridized carbons (Fsp3) is 0.350. The molecule has 0 spiro atoms. The highest BCUT2D eigenvalue weighted by atomic mass is 35.5. The molecule has 0 aliphatic carbocycles. The van der Waals surface area contributed by atoms with Crippen molar-refractivity contribution in [2.24, 2.45) is 0 Å². The minimum absolute atomic E-state index is 0.00908. The third-order valence-electron chi connectivity index (χ3n) is 4.35. The molecule has 3 rings (SSSR count). The van der Waals surface area contributed by atoms with Gasteiger partial charge in [0.25, 0.3) is 6.43 Å². The fourth-order valence-electron chi connectivity index (χ4n) is 2.91. The summed E-state index contributed by atoms with van der Waals surface area (Å²) in [6.45, 7) is 4.34. The van der Waals surface area contributed by atoms with Crippen molar-refractivity contribution in [3.05, 3.63) is 58.1 Å². The first kappa shape index (κ1) is 24.0. The number of pyridine rings is 1. The topological polar surface area (TPSA) is 94.8 Å². The number of esters is 1. The number of ether oxygens (including phenoxy) is 1. The lowest BCUT2D eigenvalue weighted by Crippen LogP contribution is -2.31. The molecule has 0 amide bonds. The first-order valence-corrected chi connectivity index (χ1v) is 10.4. The van der Waals surface area contributed by atoms with E-state index in [4.69, 9.17) is 27.9 Å². The van der Waals surface area contributed by atoms with E-state index in [9.17, 15) is 13.6 Å². The van der Waals surface area contributed by atoms with Gasteiger partial charge in [0.2, 0.25) is 11.1 Å². The molecule has 0 bridgehead atoms. The predicted octanol–water partition coefficient (Wildman–Crippen LogP) is 4.33. The monoisotopic (exact) mass is 484 g/mol. The van der Waals surface area contributed by atoms with Gasteiger partial charge in [0, 0.05) is 25.3 Å². The Labute approximate surface area is 193 Å². The quantitative estimate of drug-likeness (QED) is 0.356. The molecule has 0 fully saturated rings. The van der Waals surface area contributed by atoms with Gasteiger partial charge in [-0.1, -0.05) is 17.7 Å². The van der Waals surface area contributed by atoms with E-state index in [1.54, 1.807) is 23.8 Å². The first-order chi connectivity index (χ1) is 15.3. The number of rotatable bonds is 9. The molecule has 8 nitrogen and oxygen atoms in total. The van der Waals surface area contributed by atoms with Gasteiger partial charge in [-0.15, -0.1) is 0 Å². The summed E-state index contributed by atoms with van der Waals surface area (Å²) in [5.74, 6) is -0.535. The Morgan fingerprint density at radius 3 is 2.75 bits per heavy atom. The van der Waals surface area contributed by atoms with Gasteiger partial charge in [-0.3, -0.25) is 4.98 Å². The molecule has 3 aromatic rings. The Hall–Kier alpha value is -2.69. The number of aromatic nitrogens is 5. The van der Waals surface area contributed by atoms with Crippen LogP contribution in [0.25, 0.3) is 11.4 Å². The number of nitrogens with zero attached hydrogens (tertiary/aromatic N) is 5. The van der Waals surface area contributed by atoms with Crippen LogP contribution < -0.4 is 5.32 Å². The highest BCUT2D eigenvalue weighted by molar-refractivity contribution is 6.33. The van der Waals surface area contributed by atoms with Crippen LogP contribution in [-0.2, 0) is 17.8 Å². The van der Waals surface area contributed by atoms with Crippen molar-refractivity contribution in [3.8, 4) is 11.4 Å². The maximum Gasteiger partial charge on any atom is 0.374 e. The summed E-state index contributed by atoms with van der Waals surface area (Å²) in [5, 5.41) is 3.42. The Balaban J connectivity index is 1.79. The van der Waals surface area contributed by atoms with Crippen molar-refractivity contribution < 1.29 is 18.3 Å². The fourth-order valence-corrected chi connectivity index (χ4v) is 3.23. The second-order valence-corrected chi connectivity index (χ2v) is 7.54. The van der Waals surface area contributed by atoms with Crippen LogP contribution >= 0.6 is 23.2 Å². The van der Waals surface area contributed by atoms with E-state index in [-0.39, 0.29) is 46.7 Å². The normalized spacial score (nSPS) is 12.2. The lowest BCUT2D eigenvalue weighted by molar-refractivity contribution is 0.0505. The van der Waals surface area contributed by atoms with Crippen LogP contribution in [0.3, 0.4) is 0 Å². The molecule has 0 aromatic carbocycles. The van der Waals surface area contributed by atoms with Gasteiger partial charge in [-0.25, -0.2) is 28.5 Å². The van der Waals surface area contributed by atoms with Crippen LogP contribution in [0.4, 0.5) is 8.78 Å². The molecule has 0 unspecified atom stereocenters. The largest absolute Gasteiger partial charge is 0.460 e. The smallest absolute Gasteiger partial charge is 0.374 e. The van der Waals surface area contributed by atoms with Gasteiger partial charge >= 0.3 is 5.97 Å². The van der Waals surface area contributed by atoms with Crippen molar-refractivity contribution in [1.82, 2.24) is 29.8 Å². The van der Waals surface area contributed by atoms with E-state index < -0.39 is 12.4 Å². The van der Waals surface area contributed by atoms with Crippen molar-refractivity contribution in [1.29, 1.82) is 0 Å². The lowest BCUT2D eigenvalue weighted by atomic mass is 10.2. The number of carbonyl (C=O) groups is 1. The summed E-state index contributed by atoms with van der Waals surface area (Å²) in [5.41, 5.74) is 0.820. The Bertz CT molecular complexity index is 1100. The maximum absolute atomic E-state index is 12.8. The Kier molecular flexibility index (Phi) is 8.05. The van der Waals surface area contributed by atoms with E-state index in [1.165, 1.54) is 18.3 Å². The van der Waals surface area contributed by atoms with Crippen molar-refractivity contribution in [3.63, 3.8) is 0 Å². The lowest BCUT2D eigenvalue weighted by Gasteiger charge is -2.16. The number of hydrogen-bond acceptors (Lipinski definition) is 7. The molecule has 32 heavy (non-hydrogen) atoms. The second-order valence-electron chi connectivity index (χ2n) is 6.79. The van der Waals surface area contributed by atoms with Gasteiger partial charge in [0.15, 0.2) is 0 Å². The van der Waals surface area contributed by atoms with Crippen LogP contribution in [0.1, 0.15) is 42.3 Å². The van der Waals surface area contributed by atoms with Crippen LogP contribution in [0.2, 0.25) is 10.3 Å². The second kappa shape index (κ2) is 10.8. The van der Waals surface area contributed by atoms with E-state index in [1.807, 2.05) is 6.92 Å². The zero-order valence-electron chi connectivity index (χ0n) is 17.2. The van der Waals surface area contributed by atoms with Crippen molar-refractivity contribution >= 4 is 29.2 Å². The summed E-state index contributed by atoms with van der Waals surface area (Å²) in [7, 11) is 0. The zero-order valence-corrected chi connectivity index (χ0v) is 18.7. The summed E-state index contributed by atoms with van der Waals surface area (Å²) < 4.78 is 32.4. The number of halogens is 4. The summed E-state index contributed by atoms with van der Waals surface area (Å²) in [6.07, 6.45) is 0.330. The Morgan fingerprint density at radius 1 is 1.25 bits per heavy atom. The SMILES string of the molecule is CCOC(=O)c1nc(-c2nc(Cl)ncc2Cl)cn1C[C@H](C)NCc1cccc(C(F)F)n1. The third kappa shape index (κ3) is 5.96. The molecule has 0 aliphatic rings. The number of nitrogens with one attached hydrogen (secondary N) is 1. The molecule has 1 atom stereocenters. The summed E-state index contributed by atoms with van der Waals surface area (Å²) in [4.78, 5) is 28.6. The zero-order chi connectivity index (χ0) is 23.3. The van der Waals surface area contributed by atoms with E-state index in [0.717, 1.165) is 0 Å². The van der Waals surface area contributed by atoms with Gasteiger partial charge in [0.05, 0.1) is 23.5 Å². The van der Waals surface area contributed by atoms with Gasteiger partial charge in [-0.05, 0) is 37.6 Å². The van der Waals surface area contributed by atoms with Crippen molar-refractivity contribution in [2.75, 3.05) is 6.61 Å². The number of alkyl halides is 2. The maximum atomic E-state index is 12.8. The average molecular weight is 485 g/mol. The standard InChI is InChI=1S/C20H20Cl2F2N6O2/c1-3-32-19(31)18-28-15(16-13(21)8-26-20(22)29-16)10-30(18)9-11(2)25-7-12-5-4-6-14(27-12)17(23)24/h4-6,8,10-11,17,25H,3,7,9H2,1-2H3/t11-/m0/s1. The molecule has 1 N–H and O–H groups in total. The highest BCUT2D eigenvalue weighted by Gasteiger charge is 2.21. The number of carbonyl (C=O) groups excluding carboxylic acids is 1. The Morgan fingerprint density at radius 2 is 2.03 bits per heavy atom. The highest BCUT2D eigenvalue weighted by Crippen LogP contribution is 2.26. The minimum atomic E-state index is -2.63. The van der Waals surface area contributed by atoms with Crippen LogP contribution in [0, 0.1) is 0 Å². The molecular formula is C20H20Cl2F2N6O2. The van der Waals surface area contributed by atoms with Crippen LogP contribution in [0.5, 0.6) is 0 Å². The molecule has 0 saturated heterocycles. The molecule has 170 valence electrons. The molecule has 0 saturated carbocycles. The molecule has 3 aromatic heterocycles. The summed E-state index contributed by atoms with van der Waals surface area (Å²) in [6, 6.07) is 4.30. The average Bonchev–Trinajstić information content (AvgIpc) is 3.18. The molecule has 0 radical (unpaired) electrons. The van der Waals surface area contributed by atoms with Gasteiger partial charge in [-0.2, -0.15) is 0 Å².